The molecule has 1 aromatic heterocycles. The van der Waals surface area contributed by atoms with E-state index >= 15 is 0 Å². The minimum Gasteiger partial charge on any atom is -0.467 e. The van der Waals surface area contributed by atoms with Crippen LogP contribution in [0.2, 0.25) is 0 Å². The highest BCUT2D eigenvalue weighted by Gasteiger charge is 2.20. The molecule has 0 aliphatic rings. The molecular formula is C12H13N3O3. The van der Waals surface area contributed by atoms with Crippen molar-refractivity contribution in [3.63, 3.8) is 0 Å². The lowest BCUT2D eigenvalue weighted by molar-refractivity contribution is -0.142. The molecule has 0 fully saturated rings. The maximum Gasteiger partial charge on any atom is 0.328 e. The Kier molecular flexibility index (Phi) is 3.27. The Morgan fingerprint density at radius 2 is 2.11 bits per heavy atom. The molecule has 6 nitrogen and oxygen atoms in total. The quantitative estimate of drug-likeness (QED) is 0.788. The van der Waals surface area contributed by atoms with Crippen LogP contribution < -0.4 is 5.32 Å². The number of fused-ring (bicyclic) bond motifs is 1. The topological polar surface area (TPSA) is 84.1 Å². The first kappa shape index (κ1) is 12.1. The third kappa shape index (κ3) is 2.17. The van der Waals surface area contributed by atoms with Crippen molar-refractivity contribution >= 4 is 22.8 Å². The zero-order valence-electron chi connectivity index (χ0n) is 10.1. The minimum absolute atomic E-state index is 0.265. The van der Waals surface area contributed by atoms with Gasteiger partial charge >= 0.3 is 5.97 Å². The molecule has 6 heteroatoms. The van der Waals surface area contributed by atoms with Gasteiger partial charge in [0.2, 0.25) is 0 Å². The lowest BCUT2D eigenvalue weighted by Gasteiger charge is -2.10. The lowest BCUT2D eigenvalue weighted by Crippen LogP contribution is -2.39. The van der Waals surface area contributed by atoms with Crippen molar-refractivity contribution < 1.29 is 14.3 Å². The van der Waals surface area contributed by atoms with Crippen LogP contribution in [0.25, 0.3) is 10.9 Å². The number of rotatable bonds is 3. The SMILES string of the molecule is COC(=O)C(C)NC(=O)c1n[nH]c2ccccc12. The second-order valence-electron chi connectivity index (χ2n) is 3.84. The number of ether oxygens (including phenoxy) is 1. The van der Waals surface area contributed by atoms with E-state index < -0.39 is 17.9 Å². The maximum atomic E-state index is 11.9. The van der Waals surface area contributed by atoms with E-state index in [9.17, 15) is 9.59 Å². The van der Waals surface area contributed by atoms with Gasteiger partial charge in [0.1, 0.15) is 6.04 Å². The fourth-order valence-corrected chi connectivity index (χ4v) is 1.64. The Morgan fingerprint density at radius 3 is 2.83 bits per heavy atom. The summed E-state index contributed by atoms with van der Waals surface area (Å²) in [6.45, 7) is 1.55. The van der Waals surface area contributed by atoms with E-state index in [-0.39, 0.29) is 5.69 Å². The van der Waals surface area contributed by atoms with Crippen molar-refractivity contribution in [2.75, 3.05) is 7.11 Å². The first-order valence-corrected chi connectivity index (χ1v) is 5.45. The summed E-state index contributed by atoms with van der Waals surface area (Å²) < 4.78 is 4.54. The molecule has 0 saturated heterocycles. The molecule has 0 bridgehead atoms. The number of H-pyrrole nitrogens is 1. The fourth-order valence-electron chi connectivity index (χ4n) is 1.64. The van der Waals surface area contributed by atoms with Gasteiger partial charge in [0.25, 0.3) is 5.91 Å². The molecule has 0 aliphatic carbocycles. The van der Waals surface area contributed by atoms with Crippen molar-refractivity contribution in [3.8, 4) is 0 Å². The molecule has 1 aromatic carbocycles. The highest BCUT2D eigenvalue weighted by atomic mass is 16.5. The van der Waals surface area contributed by atoms with Gasteiger partial charge in [0.05, 0.1) is 12.6 Å². The predicted molar refractivity (Wildman–Crippen MR) is 65.0 cm³/mol. The van der Waals surface area contributed by atoms with Crippen LogP contribution in [0.5, 0.6) is 0 Å². The van der Waals surface area contributed by atoms with Gasteiger partial charge < -0.3 is 10.1 Å². The van der Waals surface area contributed by atoms with E-state index in [2.05, 4.69) is 20.3 Å². The van der Waals surface area contributed by atoms with E-state index in [1.807, 2.05) is 18.2 Å². The van der Waals surface area contributed by atoms with Gasteiger partial charge in [-0.25, -0.2) is 4.79 Å². The summed E-state index contributed by atoms with van der Waals surface area (Å²) in [4.78, 5) is 23.2. The van der Waals surface area contributed by atoms with Crippen molar-refractivity contribution in [2.45, 2.75) is 13.0 Å². The Hall–Kier alpha value is -2.37. The van der Waals surface area contributed by atoms with Crippen molar-refractivity contribution in [3.05, 3.63) is 30.0 Å². The van der Waals surface area contributed by atoms with Gasteiger partial charge in [-0.05, 0) is 13.0 Å². The number of para-hydroxylation sites is 1. The van der Waals surface area contributed by atoms with Crippen LogP contribution in [0.15, 0.2) is 24.3 Å². The molecule has 1 atom stereocenters. The van der Waals surface area contributed by atoms with Crippen molar-refractivity contribution in [2.24, 2.45) is 0 Å². The third-order valence-electron chi connectivity index (χ3n) is 2.59. The summed E-state index contributed by atoms with van der Waals surface area (Å²) in [5, 5.41) is 9.95. The number of nitrogens with one attached hydrogen (secondary N) is 2. The minimum atomic E-state index is -0.710. The average molecular weight is 247 g/mol. The first-order chi connectivity index (χ1) is 8.63. The van der Waals surface area contributed by atoms with E-state index in [4.69, 9.17) is 0 Å². The first-order valence-electron chi connectivity index (χ1n) is 5.45. The molecule has 18 heavy (non-hydrogen) atoms. The van der Waals surface area contributed by atoms with Gasteiger partial charge in [0.15, 0.2) is 5.69 Å². The number of methoxy groups -OCH3 is 1. The highest BCUT2D eigenvalue weighted by molar-refractivity contribution is 6.05. The van der Waals surface area contributed by atoms with Crippen LogP contribution >= 0.6 is 0 Å². The maximum absolute atomic E-state index is 11.9. The lowest BCUT2D eigenvalue weighted by atomic mass is 10.2. The van der Waals surface area contributed by atoms with Gasteiger partial charge in [-0.2, -0.15) is 5.10 Å². The van der Waals surface area contributed by atoms with Gasteiger partial charge in [-0.15, -0.1) is 0 Å². The summed E-state index contributed by atoms with van der Waals surface area (Å²) in [6, 6.07) is 6.56. The molecule has 2 aromatic rings. The van der Waals surface area contributed by atoms with Gasteiger partial charge in [-0.3, -0.25) is 9.89 Å². The molecule has 0 saturated carbocycles. The Balaban J connectivity index is 2.21. The number of amides is 1. The van der Waals surface area contributed by atoms with Crippen LogP contribution in [0.4, 0.5) is 0 Å². The number of aromatic nitrogens is 2. The number of hydrogen-bond donors (Lipinski definition) is 2. The molecule has 94 valence electrons. The molecule has 1 heterocycles. The molecule has 2 N–H and O–H groups in total. The Morgan fingerprint density at radius 1 is 1.39 bits per heavy atom. The number of carbonyl (C=O) groups is 2. The summed E-state index contributed by atoms with van der Waals surface area (Å²) in [5.41, 5.74) is 1.04. The summed E-state index contributed by atoms with van der Waals surface area (Å²) in [7, 11) is 1.27. The number of nitrogens with zero attached hydrogens (tertiary/aromatic N) is 1. The Bertz CT molecular complexity index is 591. The number of benzene rings is 1. The zero-order chi connectivity index (χ0) is 13.1. The predicted octanol–water partition coefficient (Wildman–Crippen LogP) is 0.854. The third-order valence-corrected chi connectivity index (χ3v) is 2.59. The molecule has 0 radical (unpaired) electrons. The van der Waals surface area contributed by atoms with Crippen LogP contribution in [0.1, 0.15) is 17.4 Å². The van der Waals surface area contributed by atoms with E-state index in [1.54, 1.807) is 13.0 Å². The second kappa shape index (κ2) is 4.87. The van der Waals surface area contributed by atoms with Crippen LogP contribution in [0, 0.1) is 0 Å². The van der Waals surface area contributed by atoms with E-state index in [0.29, 0.717) is 5.39 Å². The average Bonchev–Trinajstić information content (AvgIpc) is 2.81. The number of aromatic amines is 1. The number of carbonyl (C=O) groups excluding carboxylic acids is 2. The normalized spacial score (nSPS) is 12.1. The molecule has 0 aliphatic heterocycles. The highest BCUT2D eigenvalue weighted by Crippen LogP contribution is 2.14. The van der Waals surface area contributed by atoms with Gasteiger partial charge in [0, 0.05) is 5.39 Å². The van der Waals surface area contributed by atoms with Crippen LogP contribution in [0.3, 0.4) is 0 Å². The molecular weight excluding hydrogens is 234 g/mol. The van der Waals surface area contributed by atoms with E-state index in [0.717, 1.165) is 5.52 Å². The van der Waals surface area contributed by atoms with Crippen molar-refractivity contribution in [1.29, 1.82) is 0 Å². The standard InChI is InChI=1S/C12H13N3O3/c1-7(12(17)18-2)13-11(16)10-8-5-3-4-6-9(8)14-15-10/h3-7H,1-2H3,(H,13,16)(H,14,15). The van der Waals surface area contributed by atoms with E-state index in [1.165, 1.54) is 7.11 Å². The molecule has 1 unspecified atom stereocenters. The molecule has 1 amide bonds. The number of esters is 1. The smallest absolute Gasteiger partial charge is 0.328 e. The van der Waals surface area contributed by atoms with Crippen molar-refractivity contribution in [1.82, 2.24) is 15.5 Å². The summed E-state index contributed by atoms with van der Waals surface area (Å²) >= 11 is 0. The summed E-state index contributed by atoms with van der Waals surface area (Å²) in [5.74, 6) is -0.909. The Labute approximate surface area is 103 Å². The molecule has 0 spiro atoms. The second-order valence-corrected chi connectivity index (χ2v) is 3.84. The van der Waals surface area contributed by atoms with Gasteiger partial charge in [-0.1, -0.05) is 18.2 Å². The largest absolute Gasteiger partial charge is 0.467 e. The number of hydrogen-bond acceptors (Lipinski definition) is 4. The monoisotopic (exact) mass is 247 g/mol. The van der Waals surface area contributed by atoms with Crippen LogP contribution in [-0.4, -0.2) is 35.2 Å². The zero-order valence-corrected chi connectivity index (χ0v) is 10.1. The fraction of sp³-hybridized carbons (Fsp3) is 0.250. The molecule has 2 rings (SSSR count). The van der Waals surface area contributed by atoms with Crippen LogP contribution in [-0.2, 0) is 9.53 Å². The summed E-state index contributed by atoms with van der Waals surface area (Å²) in [6.07, 6.45) is 0.